The van der Waals surface area contributed by atoms with Crippen molar-refractivity contribution < 1.29 is 4.39 Å². The maximum Gasteiger partial charge on any atom is 0.142 e. The largest absolute Gasteiger partial charge is 0.309 e. The van der Waals surface area contributed by atoms with Gasteiger partial charge in [0, 0.05) is 28.4 Å². The third kappa shape index (κ3) is 3.32. The van der Waals surface area contributed by atoms with Gasteiger partial charge in [0.15, 0.2) is 0 Å². The molecule has 0 radical (unpaired) electrons. The van der Waals surface area contributed by atoms with Crippen molar-refractivity contribution in [1.29, 1.82) is 0 Å². The maximum atomic E-state index is 13.4. The molecule has 0 amide bonds. The third-order valence-electron chi connectivity index (χ3n) is 3.19. The van der Waals surface area contributed by atoms with Crippen molar-refractivity contribution in [2.24, 2.45) is 0 Å². The van der Waals surface area contributed by atoms with Crippen LogP contribution < -0.4 is 5.32 Å². The van der Waals surface area contributed by atoms with Crippen molar-refractivity contribution in [3.8, 4) is 0 Å². The summed E-state index contributed by atoms with van der Waals surface area (Å²) in [6.45, 7) is 2.88. The average Bonchev–Trinajstić information content (AvgIpc) is 2.85. The van der Waals surface area contributed by atoms with Crippen molar-refractivity contribution in [1.82, 2.24) is 5.32 Å². The summed E-state index contributed by atoms with van der Waals surface area (Å²) in [5, 5.41) is 4.69. The second-order valence-corrected chi connectivity index (χ2v) is 6.72. The first-order valence-corrected chi connectivity index (χ1v) is 7.88. The minimum atomic E-state index is -0.417. The minimum Gasteiger partial charge on any atom is -0.309 e. The predicted molar refractivity (Wildman–Crippen MR) is 78.3 cm³/mol. The maximum absolute atomic E-state index is 13.4. The Morgan fingerprint density at radius 1 is 1.50 bits per heavy atom. The zero-order valence-electron chi connectivity index (χ0n) is 10.2. The summed E-state index contributed by atoms with van der Waals surface area (Å²) in [7, 11) is 0. The molecule has 1 heterocycles. The third-order valence-corrected chi connectivity index (χ3v) is 5.30. The Balaban J connectivity index is 2.03. The minimum absolute atomic E-state index is 0.0399. The summed E-state index contributed by atoms with van der Waals surface area (Å²) >= 11 is 14.1. The fourth-order valence-corrected chi connectivity index (χ4v) is 4.07. The molecule has 0 aromatic heterocycles. The number of hydrogen-bond acceptors (Lipinski definition) is 2. The molecule has 1 aromatic carbocycles. The number of benzene rings is 1. The summed E-state index contributed by atoms with van der Waals surface area (Å²) in [5.41, 5.74) is 0.654. The molecular formula is C13H16Cl2FNS. The smallest absolute Gasteiger partial charge is 0.142 e. The standard InChI is InChI=1S/C13H16Cl2FNS/c1-8(17-7-9-3-2-6-18-9)12-10(14)4-5-11(16)13(12)15/h4-5,8-9,17H,2-3,6-7H2,1H3. The quantitative estimate of drug-likeness (QED) is 0.811. The van der Waals surface area contributed by atoms with Gasteiger partial charge in [0.2, 0.25) is 0 Å². The van der Waals surface area contributed by atoms with Gasteiger partial charge in [-0.05, 0) is 37.7 Å². The van der Waals surface area contributed by atoms with Gasteiger partial charge in [-0.15, -0.1) is 0 Å². The summed E-state index contributed by atoms with van der Waals surface area (Å²) in [6.07, 6.45) is 2.53. The molecule has 18 heavy (non-hydrogen) atoms. The molecule has 0 spiro atoms. The van der Waals surface area contributed by atoms with E-state index in [9.17, 15) is 4.39 Å². The van der Waals surface area contributed by atoms with Gasteiger partial charge in [-0.25, -0.2) is 4.39 Å². The summed E-state index contributed by atoms with van der Waals surface area (Å²) in [5.74, 6) is 0.822. The summed E-state index contributed by atoms with van der Waals surface area (Å²) in [4.78, 5) is 0. The fourth-order valence-electron chi connectivity index (χ4n) is 2.16. The lowest BCUT2D eigenvalue weighted by Gasteiger charge is -2.19. The van der Waals surface area contributed by atoms with Crippen LogP contribution in [-0.4, -0.2) is 17.5 Å². The highest BCUT2D eigenvalue weighted by Crippen LogP contribution is 2.33. The summed E-state index contributed by atoms with van der Waals surface area (Å²) in [6, 6.07) is 2.82. The molecule has 0 bridgehead atoms. The van der Waals surface area contributed by atoms with E-state index in [0.29, 0.717) is 15.8 Å². The SMILES string of the molecule is CC(NCC1CCCS1)c1c(Cl)ccc(F)c1Cl. The van der Waals surface area contributed by atoms with Gasteiger partial charge in [-0.3, -0.25) is 0 Å². The van der Waals surface area contributed by atoms with E-state index in [1.165, 1.54) is 24.7 Å². The Morgan fingerprint density at radius 3 is 2.94 bits per heavy atom. The first-order valence-electron chi connectivity index (χ1n) is 6.08. The van der Waals surface area contributed by atoms with Gasteiger partial charge in [-0.2, -0.15) is 11.8 Å². The molecule has 1 N–H and O–H groups in total. The second kappa shape index (κ2) is 6.47. The van der Waals surface area contributed by atoms with Crippen LogP contribution in [0.2, 0.25) is 10.0 Å². The van der Waals surface area contributed by atoms with E-state index in [4.69, 9.17) is 23.2 Å². The fraction of sp³-hybridized carbons (Fsp3) is 0.538. The normalized spacial score (nSPS) is 21.2. The zero-order valence-corrected chi connectivity index (χ0v) is 12.5. The van der Waals surface area contributed by atoms with Crippen LogP contribution >= 0.6 is 35.0 Å². The molecule has 2 unspecified atom stereocenters. The Morgan fingerprint density at radius 2 is 2.28 bits per heavy atom. The highest BCUT2D eigenvalue weighted by Gasteiger charge is 2.20. The number of halogens is 3. The van der Waals surface area contributed by atoms with Crippen LogP contribution in [0.25, 0.3) is 0 Å². The van der Waals surface area contributed by atoms with Crippen LogP contribution in [0, 0.1) is 5.82 Å². The predicted octanol–water partition coefficient (Wildman–Crippen LogP) is 4.68. The van der Waals surface area contributed by atoms with Gasteiger partial charge in [0.05, 0.1) is 5.02 Å². The molecule has 100 valence electrons. The molecule has 0 aliphatic carbocycles. The Hall–Kier alpha value is 0.0400. The van der Waals surface area contributed by atoms with E-state index in [1.807, 2.05) is 18.7 Å². The zero-order chi connectivity index (χ0) is 13.1. The molecule has 1 saturated heterocycles. The van der Waals surface area contributed by atoms with Gasteiger partial charge in [0.1, 0.15) is 5.82 Å². The number of nitrogens with one attached hydrogen (secondary N) is 1. The molecule has 1 aliphatic rings. The topological polar surface area (TPSA) is 12.0 Å². The molecule has 0 saturated carbocycles. The Kier molecular flexibility index (Phi) is 5.19. The lowest BCUT2D eigenvalue weighted by atomic mass is 10.1. The van der Waals surface area contributed by atoms with Crippen molar-refractivity contribution in [3.05, 3.63) is 33.6 Å². The second-order valence-electron chi connectivity index (χ2n) is 4.52. The van der Waals surface area contributed by atoms with Crippen molar-refractivity contribution in [2.45, 2.75) is 31.1 Å². The first-order chi connectivity index (χ1) is 8.59. The van der Waals surface area contributed by atoms with E-state index >= 15 is 0 Å². The summed E-state index contributed by atoms with van der Waals surface area (Å²) < 4.78 is 13.4. The molecule has 1 aromatic rings. The molecule has 5 heteroatoms. The van der Waals surface area contributed by atoms with Gasteiger partial charge < -0.3 is 5.32 Å². The van der Waals surface area contributed by atoms with Crippen LogP contribution in [0.4, 0.5) is 4.39 Å². The highest BCUT2D eigenvalue weighted by molar-refractivity contribution is 8.00. The van der Waals surface area contributed by atoms with Crippen LogP contribution in [0.15, 0.2) is 12.1 Å². The Bertz CT molecular complexity index is 422. The van der Waals surface area contributed by atoms with E-state index in [-0.39, 0.29) is 11.1 Å². The van der Waals surface area contributed by atoms with Crippen molar-refractivity contribution in [3.63, 3.8) is 0 Å². The lowest BCUT2D eigenvalue weighted by molar-refractivity contribution is 0.553. The van der Waals surface area contributed by atoms with Crippen LogP contribution in [0.5, 0.6) is 0 Å². The molecular weight excluding hydrogens is 292 g/mol. The number of hydrogen-bond donors (Lipinski definition) is 1. The lowest BCUT2D eigenvalue weighted by Crippen LogP contribution is -2.26. The molecule has 1 aliphatic heterocycles. The van der Waals surface area contributed by atoms with E-state index in [1.54, 1.807) is 6.07 Å². The molecule has 2 atom stereocenters. The van der Waals surface area contributed by atoms with E-state index < -0.39 is 5.82 Å². The number of thioether (sulfide) groups is 1. The number of rotatable bonds is 4. The van der Waals surface area contributed by atoms with Gasteiger partial charge >= 0.3 is 0 Å². The monoisotopic (exact) mass is 307 g/mol. The van der Waals surface area contributed by atoms with Crippen LogP contribution in [0.1, 0.15) is 31.4 Å². The van der Waals surface area contributed by atoms with Crippen LogP contribution in [0.3, 0.4) is 0 Å². The van der Waals surface area contributed by atoms with Crippen molar-refractivity contribution in [2.75, 3.05) is 12.3 Å². The van der Waals surface area contributed by atoms with Crippen molar-refractivity contribution >= 4 is 35.0 Å². The molecule has 2 rings (SSSR count). The molecule has 1 fully saturated rings. The highest BCUT2D eigenvalue weighted by atomic mass is 35.5. The van der Waals surface area contributed by atoms with Gasteiger partial charge in [0.25, 0.3) is 0 Å². The van der Waals surface area contributed by atoms with E-state index in [0.717, 1.165) is 6.54 Å². The Labute approximate surface area is 121 Å². The van der Waals surface area contributed by atoms with Gasteiger partial charge in [-0.1, -0.05) is 23.2 Å². The van der Waals surface area contributed by atoms with E-state index in [2.05, 4.69) is 5.32 Å². The molecule has 1 nitrogen and oxygen atoms in total. The van der Waals surface area contributed by atoms with Crippen LogP contribution in [-0.2, 0) is 0 Å². The first kappa shape index (κ1) is 14.4. The average molecular weight is 308 g/mol.